The van der Waals surface area contributed by atoms with Gasteiger partial charge in [0.1, 0.15) is 12.7 Å². The Balaban J connectivity index is 1.49. The molecule has 2 aliphatic heterocycles. The van der Waals surface area contributed by atoms with Crippen molar-refractivity contribution in [3.63, 3.8) is 0 Å². The van der Waals surface area contributed by atoms with Crippen molar-refractivity contribution in [2.45, 2.75) is 207 Å². The standard InChI is InChI=1S/C44H70O14/c1-23(45)52-22-28-33(53-24(2)46)34(54-25(3)47)35(55-26(4)48)37(57-28)56-27-21-30-40(9)16-14-31(49)38(5,6)29(40)13-17-41(30,10)42(11)19-20-44(51,36(27)42)43(12)18-15-32(58-43)39(7,8)50/h27-37,49-51H,13-22H2,1-12H3/t27-,28-,29+,30-,31-,32-,33-,34+,35-,36+,37-,40+,41-,42-,43+,44-/m1/s1. The van der Waals surface area contributed by atoms with Gasteiger partial charge in [0, 0.05) is 33.6 Å². The van der Waals surface area contributed by atoms with E-state index in [0.29, 0.717) is 38.5 Å². The highest BCUT2D eigenvalue weighted by molar-refractivity contribution is 5.68. The van der Waals surface area contributed by atoms with E-state index in [9.17, 15) is 34.5 Å². The molecule has 330 valence electrons. The Bertz CT molecular complexity index is 1610. The fourth-order valence-electron chi connectivity index (χ4n) is 13.6. The van der Waals surface area contributed by atoms with Crippen molar-refractivity contribution in [2.24, 2.45) is 39.4 Å². The second-order valence-corrected chi connectivity index (χ2v) is 20.8. The molecule has 14 heteroatoms. The highest BCUT2D eigenvalue weighted by atomic mass is 16.7. The molecule has 16 atom stereocenters. The molecule has 0 aromatic carbocycles. The lowest BCUT2D eigenvalue weighted by atomic mass is 9.35. The minimum atomic E-state index is -1.45. The van der Waals surface area contributed by atoms with Gasteiger partial charge >= 0.3 is 23.9 Å². The van der Waals surface area contributed by atoms with Crippen molar-refractivity contribution < 1.29 is 67.7 Å². The average Bonchev–Trinajstić information content (AvgIpc) is 3.65. The van der Waals surface area contributed by atoms with Gasteiger partial charge in [0.2, 0.25) is 0 Å². The molecular weight excluding hydrogens is 752 g/mol. The topological polar surface area (TPSA) is 194 Å². The maximum atomic E-state index is 13.5. The molecule has 14 nitrogen and oxygen atoms in total. The zero-order valence-corrected chi connectivity index (χ0v) is 36.8. The van der Waals surface area contributed by atoms with E-state index in [-0.39, 0.29) is 28.1 Å². The van der Waals surface area contributed by atoms with Crippen LogP contribution in [0.2, 0.25) is 0 Å². The molecule has 58 heavy (non-hydrogen) atoms. The van der Waals surface area contributed by atoms with Crippen LogP contribution in [0.3, 0.4) is 0 Å². The molecule has 0 amide bonds. The Hall–Kier alpha value is -2.36. The van der Waals surface area contributed by atoms with Crippen LogP contribution in [-0.4, -0.2) is 112 Å². The summed E-state index contributed by atoms with van der Waals surface area (Å²) >= 11 is 0. The summed E-state index contributed by atoms with van der Waals surface area (Å²) in [6, 6.07) is 0. The van der Waals surface area contributed by atoms with Crippen LogP contribution in [0.15, 0.2) is 0 Å². The lowest BCUT2D eigenvalue weighted by molar-refractivity contribution is -0.346. The largest absolute Gasteiger partial charge is 0.463 e. The van der Waals surface area contributed by atoms with Crippen molar-refractivity contribution in [3.8, 4) is 0 Å². The van der Waals surface area contributed by atoms with Crippen LogP contribution in [0.4, 0.5) is 0 Å². The minimum absolute atomic E-state index is 0.0613. The van der Waals surface area contributed by atoms with Gasteiger partial charge in [-0.25, -0.2) is 0 Å². The Morgan fingerprint density at radius 2 is 1.33 bits per heavy atom. The van der Waals surface area contributed by atoms with Crippen LogP contribution < -0.4 is 0 Å². The maximum Gasteiger partial charge on any atom is 0.303 e. The van der Waals surface area contributed by atoms with E-state index in [4.69, 9.17) is 33.2 Å². The Labute approximate surface area is 343 Å². The first kappa shape index (κ1) is 45.2. The zero-order valence-electron chi connectivity index (χ0n) is 36.8. The van der Waals surface area contributed by atoms with Gasteiger partial charge in [-0.1, -0.05) is 34.6 Å². The predicted octanol–water partition coefficient (Wildman–Crippen LogP) is 4.93. The molecule has 3 N–H and O–H groups in total. The number of aliphatic hydroxyl groups is 3. The molecule has 2 heterocycles. The van der Waals surface area contributed by atoms with E-state index in [2.05, 4.69) is 34.6 Å². The fraction of sp³-hybridized carbons (Fsp3) is 0.909. The fourth-order valence-corrected chi connectivity index (χ4v) is 13.6. The lowest BCUT2D eigenvalue weighted by Crippen LogP contribution is -2.71. The van der Waals surface area contributed by atoms with Gasteiger partial charge < -0.3 is 48.5 Å². The van der Waals surface area contributed by atoms with Crippen LogP contribution in [0.1, 0.15) is 141 Å². The molecule has 4 aliphatic carbocycles. The normalized spacial score (nSPS) is 47.2. The van der Waals surface area contributed by atoms with Crippen molar-refractivity contribution in [1.82, 2.24) is 0 Å². The first-order chi connectivity index (χ1) is 26.6. The van der Waals surface area contributed by atoms with E-state index in [1.54, 1.807) is 13.8 Å². The maximum absolute atomic E-state index is 13.5. The van der Waals surface area contributed by atoms with Gasteiger partial charge in [-0.15, -0.1) is 0 Å². The Morgan fingerprint density at radius 1 is 0.724 bits per heavy atom. The van der Waals surface area contributed by atoms with Crippen LogP contribution in [-0.2, 0) is 52.3 Å². The van der Waals surface area contributed by atoms with Gasteiger partial charge in [-0.2, -0.15) is 0 Å². The summed E-state index contributed by atoms with van der Waals surface area (Å²) in [7, 11) is 0. The number of aliphatic hydroxyl groups excluding tert-OH is 1. The number of hydrogen-bond acceptors (Lipinski definition) is 14. The first-order valence-electron chi connectivity index (χ1n) is 21.4. The molecule has 0 radical (unpaired) electrons. The number of esters is 4. The van der Waals surface area contributed by atoms with Gasteiger partial charge in [0.25, 0.3) is 0 Å². The third-order valence-electron chi connectivity index (χ3n) is 16.6. The van der Waals surface area contributed by atoms with E-state index in [0.717, 1.165) is 19.3 Å². The summed E-state index contributed by atoms with van der Waals surface area (Å²) in [5.74, 6) is -3.11. The lowest BCUT2D eigenvalue weighted by Gasteiger charge is -2.71. The van der Waals surface area contributed by atoms with Crippen LogP contribution >= 0.6 is 0 Å². The number of fused-ring (bicyclic) bond motifs is 5. The molecular formula is C44H70O14. The quantitative estimate of drug-likeness (QED) is 0.161. The van der Waals surface area contributed by atoms with Crippen molar-refractivity contribution >= 4 is 23.9 Å². The summed E-state index contributed by atoms with van der Waals surface area (Å²) < 4.78 is 43.2. The van der Waals surface area contributed by atoms with Crippen LogP contribution in [0.25, 0.3) is 0 Å². The van der Waals surface area contributed by atoms with Crippen molar-refractivity contribution in [1.29, 1.82) is 0 Å². The Morgan fingerprint density at radius 3 is 1.90 bits per heavy atom. The molecule has 6 fully saturated rings. The second-order valence-electron chi connectivity index (χ2n) is 20.8. The second kappa shape index (κ2) is 15.2. The van der Waals surface area contributed by atoms with Gasteiger partial charge in [0.05, 0.1) is 35.1 Å². The highest BCUT2D eigenvalue weighted by Crippen LogP contribution is 2.77. The number of carbonyl (C=O) groups is 4. The molecule has 0 spiro atoms. The number of hydrogen-bond donors (Lipinski definition) is 3. The average molecular weight is 823 g/mol. The molecule has 0 aromatic heterocycles. The molecule has 0 aromatic rings. The smallest absolute Gasteiger partial charge is 0.303 e. The van der Waals surface area contributed by atoms with E-state index < -0.39 is 108 Å². The molecule has 0 unspecified atom stereocenters. The Kier molecular flexibility index (Phi) is 11.9. The molecule has 6 aliphatic rings. The number of rotatable bonds is 9. The third kappa shape index (κ3) is 7.31. The molecule has 0 bridgehead atoms. The molecule has 6 rings (SSSR count). The van der Waals surface area contributed by atoms with E-state index in [1.807, 2.05) is 6.92 Å². The summed E-state index contributed by atoms with van der Waals surface area (Å²) in [6.07, 6.45) is -2.61. The van der Waals surface area contributed by atoms with E-state index >= 15 is 0 Å². The van der Waals surface area contributed by atoms with Gasteiger partial charge in [-0.05, 0) is 112 Å². The number of carbonyl (C=O) groups excluding carboxylic acids is 4. The van der Waals surface area contributed by atoms with Gasteiger partial charge in [0.15, 0.2) is 24.6 Å². The number of ether oxygens (including phenoxy) is 7. The van der Waals surface area contributed by atoms with Crippen LogP contribution in [0, 0.1) is 39.4 Å². The SMILES string of the molecule is CC(=O)OC[C@H]1O[C@@H](O[C@@H]2C[C@@H]3[C@@]4(C)CC[C@@H](O)C(C)(C)[C@@H]4CC[C@@]3(C)[C@]3(C)CC[C@](O)([C@]4(C)CC[C@H](C(C)(C)O)O4)[C@@H]23)[C@H](OC(C)=O)[C@@H](OC(C)=O)[C@@H]1OC(C)=O. The molecule has 4 saturated carbocycles. The first-order valence-corrected chi connectivity index (χ1v) is 21.4. The summed E-state index contributed by atoms with van der Waals surface area (Å²) in [4.78, 5) is 50.1. The summed E-state index contributed by atoms with van der Waals surface area (Å²) in [5.41, 5.74) is -5.01. The summed E-state index contributed by atoms with van der Waals surface area (Å²) in [5, 5.41) is 35.9. The monoisotopic (exact) mass is 822 g/mol. The van der Waals surface area contributed by atoms with Crippen molar-refractivity contribution in [3.05, 3.63) is 0 Å². The molecule has 2 saturated heterocycles. The zero-order chi connectivity index (χ0) is 43.2. The minimum Gasteiger partial charge on any atom is -0.463 e. The highest BCUT2D eigenvalue weighted by Gasteiger charge is 2.76. The predicted molar refractivity (Wildman–Crippen MR) is 207 cm³/mol. The third-order valence-corrected chi connectivity index (χ3v) is 16.6. The van der Waals surface area contributed by atoms with Gasteiger partial charge in [-0.3, -0.25) is 19.2 Å². The van der Waals surface area contributed by atoms with Crippen LogP contribution in [0.5, 0.6) is 0 Å². The van der Waals surface area contributed by atoms with Crippen molar-refractivity contribution in [2.75, 3.05) is 6.61 Å². The van der Waals surface area contributed by atoms with E-state index in [1.165, 1.54) is 27.7 Å². The summed E-state index contributed by atoms with van der Waals surface area (Å²) in [6.45, 7) is 21.1.